The van der Waals surface area contributed by atoms with Gasteiger partial charge in [-0.15, -0.1) is 10.2 Å². The van der Waals surface area contributed by atoms with Gasteiger partial charge in [0.1, 0.15) is 5.82 Å². The van der Waals surface area contributed by atoms with Crippen LogP contribution in [0.5, 0.6) is 0 Å². The molecule has 2 heterocycles. The van der Waals surface area contributed by atoms with E-state index in [2.05, 4.69) is 10.2 Å². The average Bonchev–Trinajstić information content (AvgIpc) is 3.07. The molecule has 1 atom stereocenters. The van der Waals surface area contributed by atoms with Crippen LogP contribution in [0.1, 0.15) is 36.2 Å². The van der Waals surface area contributed by atoms with Crippen molar-refractivity contribution in [2.24, 2.45) is 5.73 Å². The van der Waals surface area contributed by atoms with Crippen molar-refractivity contribution in [2.75, 3.05) is 6.61 Å². The third kappa shape index (κ3) is 1.40. The topological polar surface area (TPSA) is 76.4 Å². The van der Waals surface area contributed by atoms with Crippen molar-refractivity contribution >= 4 is 5.65 Å². The SMILES string of the molecule is NC(CO)c1cccn2c(C3CC3)nnc12. The highest BCUT2D eigenvalue weighted by Gasteiger charge is 2.29. The maximum atomic E-state index is 9.09. The minimum absolute atomic E-state index is 0.0781. The summed E-state index contributed by atoms with van der Waals surface area (Å²) >= 11 is 0. The fraction of sp³-hybridized carbons (Fsp3) is 0.455. The number of hydrogen-bond acceptors (Lipinski definition) is 4. The normalized spacial score (nSPS) is 17.9. The highest BCUT2D eigenvalue weighted by atomic mass is 16.3. The van der Waals surface area contributed by atoms with Crippen molar-refractivity contribution in [2.45, 2.75) is 24.8 Å². The Labute approximate surface area is 92.9 Å². The van der Waals surface area contributed by atoms with Gasteiger partial charge in [0.15, 0.2) is 5.65 Å². The number of aliphatic hydroxyl groups is 1. The zero-order chi connectivity index (χ0) is 11.1. The Hall–Kier alpha value is -1.46. The van der Waals surface area contributed by atoms with E-state index in [-0.39, 0.29) is 12.6 Å². The first-order valence-electron chi connectivity index (χ1n) is 5.51. The van der Waals surface area contributed by atoms with E-state index in [0.29, 0.717) is 5.92 Å². The average molecular weight is 218 g/mol. The minimum atomic E-state index is -0.389. The molecule has 1 aliphatic rings. The van der Waals surface area contributed by atoms with E-state index >= 15 is 0 Å². The maximum absolute atomic E-state index is 9.09. The first kappa shape index (κ1) is 9.74. The van der Waals surface area contributed by atoms with Crippen molar-refractivity contribution in [3.63, 3.8) is 0 Å². The number of nitrogens with two attached hydrogens (primary N) is 1. The second kappa shape index (κ2) is 3.54. The van der Waals surface area contributed by atoms with E-state index in [9.17, 15) is 0 Å². The summed E-state index contributed by atoms with van der Waals surface area (Å²) in [4.78, 5) is 0. The highest BCUT2D eigenvalue weighted by molar-refractivity contribution is 5.49. The summed E-state index contributed by atoms with van der Waals surface area (Å²) in [6.45, 7) is -0.0781. The molecule has 3 rings (SSSR count). The van der Waals surface area contributed by atoms with Gasteiger partial charge >= 0.3 is 0 Å². The Morgan fingerprint density at radius 2 is 2.31 bits per heavy atom. The Balaban J connectivity index is 2.16. The van der Waals surface area contributed by atoms with E-state index in [1.807, 2.05) is 22.7 Å². The molecule has 2 aromatic rings. The molecule has 1 aliphatic carbocycles. The highest BCUT2D eigenvalue weighted by Crippen LogP contribution is 2.39. The molecule has 1 unspecified atom stereocenters. The predicted octanol–water partition coefficient (Wildman–Crippen LogP) is 0.599. The van der Waals surface area contributed by atoms with E-state index in [1.165, 1.54) is 12.8 Å². The van der Waals surface area contributed by atoms with E-state index in [0.717, 1.165) is 17.0 Å². The Bertz CT molecular complexity index is 518. The molecule has 84 valence electrons. The number of aliphatic hydroxyl groups excluding tert-OH is 1. The summed E-state index contributed by atoms with van der Waals surface area (Å²) in [5.74, 6) is 1.57. The minimum Gasteiger partial charge on any atom is -0.394 e. The lowest BCUT2D eigenvalue weighted by molar-refractivity contribution is 0.268. The largest absolute Gasteiger partial charge is 0.394 e. The van der Waals surface area contributed by atoms with Crippen molar-refractivity contribution in [3.05, 3.63) is 29.7 Å². The molecular weight excluding hydrogens is 204 g/mol. The van der Waals surface area contributed by atoms with E-state index in [4.69, 9.17) is 10.8 Å². The van der Waals surface area contributed by atoms with Crippen LogP contribution < -0.4 is 5.73 Å². The van der Waals surface area contributed by atoms with Crippen LogP contribution in [-0.2, 0) is 0 Å². The molecule has 2 aromatic heterocycles. The lowest BCUT2D eigenvalue weighted by atomic mass is 10.1. The first-order chi connectivity index (χ1) is 7.81. The molecule has 5 heteroatoms. The molecule has 0 spiro atoms. The third-order valence-corrected chi connectivity index (χ3v) is 3.03. The number of fused-ring (bicyclic) bond motifs is 1. The monoisotopic (exact) mass is 218 g/mol. The summed E-state index contributed by atoms with van der Waals surface area (Å²) in [6, 6.07) is 3.43. The van der Waals surface area contributed by atoms with Gasteiger partial charge in [-0.1, -0.05) is 6.07 Å². The van der Waals surface area contributed by atoms with Crippen LogP contribution >= 0.6 is 0 Å². The molecule has 1 fully saturated rings. The predicted molar refractivity (Wildman–Crippen MR) is 59.0 cm³/mol. The summed E-state index contributed by atoms with van der Waals surface area (Å²) in [5, 5.41) is 17.5. The summed E-state index contributed by atoms with van der Waals surface area (Å²) < 4.78 is 1.99. The Kier molecular flexibility index (Phi) is 2.15. The van der Waals surface area contributed by atoms with Gasteiger partial charge in [-0.25, -0.2) is 0 Å². The van der Waals surface area contributed by atoms with Crippen molar-refractivity contribution in [1.82, 2.24) is 14.6 Å². The zero-order valence-corrected chi connectivity index (χ0v) is 8.87. The molecule has 1 saturated carbocycles. The molecule has 0 radical (unpaired) electrons. The van der Waals surface area contributed by atoms with Gasteiger partial charge in [0.2, 0.25) is 0 Å². The molecule has 0 saturated heterocycles. The molecular formula is C11H14N4O. The van der Waals surface area contributed by atoms with Gasteiger partial charge in [0.25, 0.3) is 0 Å². The van der Waals surface area contributed by atoms with Crippen LogP contribution in [0.3, 0.4) is 0 Å². The zero-order valence-electron chi connectivity index (χ0n) is 8.87. The Morgan fingerprint density at radius 3 is 3.00 bits per heavy atom. The summed E-state index contributed by atoms with van der Waals surface area (Å²) in [5.41, 5.74) is 7.45. The number of pyridine rings is 1. The Morgan fingerprint density at radius 1 is 1.50 bits per heavy atom. The van der Waals surface area contributed by atoms with E-state index < -0.39 is 0 Å². The molecule has 0 bridgehead atoms. The number of nitrogens with zero attached hydrogens (tertiary/aromatic N) is 3. The first-order valence-corrected chi connectivity index (χ1v) is 5.51. The number of aromatic nitrogens is 3. The van der Waals surface area contributed by atoms with Gasteiger partial charge in [-0.2, -0.15) is 0 Å². The van der Waals surface area contributed by atoms with Gasteiger partial charge in [-0.05, 0) is 18.9 Å². The molecule has 0 aliphatic heterocycles. The van der Waals surface area contributed by atoms with Crippen molar-refractivity contribution in [1.29, 1.82) is 0 Å². The number of rotatable bonds is 3. The van der Waals surface area contributed by atoms with Crippen LogP contribution in [0.15, 0.2) is 18.3 Å². The van der Waals surface area contributed by atoms with E-state index in [1.54, 1.807) is 0 Å². The third-order valence-electron chi connectivity index (χ3n) is 3.03. The summed E-state index contributed by atoms with van der Waals surface area (Å²) in [6.07, 6.45) is 4.34. The van der Waals surface area contributed by atoms with Gasteiger partial charge in [0, 0.05) is 17.7 Å². The smallest absolute Gasteiger partial charge is 0.165 e. The standard InChI is InChI=1S/C11H14N4O/c12-9(6-16)8-2-1-5-15-10(7-3-4-7)13-14-11(8)15/h1-2,5,7,9,16H,3-4,6,12H2. The lowest BCUT2D eigenvalue weighted by Crippen LogP contribution is -2.15. The van der Waals surface area contributed by atoms with Crippen LogP contribution in [0.4, 0.5) is 0 Å². The van der Waals surface area contributed by atoms with Crippen molar-refractivity contribution < 1.29 is 5.11 Å². The summed E-state index contributed by atoms with van der Waals surface area (Å²) in [7, 11) is 0. The number of hydrogen-bond donors (Lipinski definition) is 2. The maximum Gasteiger partial charge on any atom is 0.165 e. The van der Waals surface area contributed by atoms with Crippen LogP contribution in [0.25, 0.3) is 5.65 Å². The van der Waals surface area contributed by atoms with Crippen LogP contribution in [-0.4, -0.2) is 26.3 Å². The molecule has 5 nitrogen and oxygen atoms in total. The van der Waals surface area contributed by atoms with Crippen LogP contribution in [0, 0.1) is 0 Å². The molecule has 0 aromatic carbocycles. The quantitative estimate of drug-likeness (QED) is 0.791. The second-order valence-corrected chi connectivity index (χ2v) is 4.28. The second-order valence-electron chi connectivity index (χ2n) is 4.28. The fourth-order valence-corrected chi connectivity index (χ4v) is 1.96. The molecule has 3 N–H and O–H groups in total. The van der Waals surface area contributed by atoms with Gasteiger partial charge < -0.3 is 10.8 Å². The molecule has 0 amide bonds. The van der Waals surface area contributed by atoms with Gasteiger partial charge in [-0.3, -0.25) is 4.40 Å². The van der Waals surface area contributed by atoms with Gasteiger partial charge in [0.05, 0.1) is 12.6 Å². The van der Waals surface area contributed by atoms with Crippen molar-refractivity contribution in [3.8, 4) is 0 Å². The lowest BCUT2D eigenvalue weighted by Gasteiger charge is -2.09. The molecule has 16 heavy (non-hydrogen) atoms. The fourth-order valence-electron chi connectivity index (χ4n) is 1.96. The van der Waals surface area contributed by atoms with Crippen LogP contribution in [0.2, 0.25) is 0 Å².